The van der Waals surface area contributed by atoms with Crippen molar-refractivity contribution >= 4 is 17.8 Å². The van der Waals surface area contributed by atoms with E-state index in [-0.39, 0.29) is 11.5 Å². The van der Waals surface area contributed by atoms with Crippen LogP contribution in [0.25, 0.3) is 0 Å². The first-order chi connectivity index (χ1) is 13.5. The molecule has 2 aromatic carbocycles. The number of fused-ring (bicyclic) bond motifs is 1. The molecule has 6 nitrogen and oxygen atoms in total. The highest BCUT2D eigenvalue weighted by Crippen LogP contribution is 2.19. The van der Waals surface area contributed by atoms with Crippen LogP contribution in [0.3, 0.4) is 0 Å². The Kier molecular flexibility index (Phi) is 6.03. The van der Waals surface area contributed by atoms with Gasteiger partial charge in [0.05, 0.1) is 5.56 Å². The summed E-state index contributed by atoms with van der Waals surface area (Å²) >= 11 is 0. The van der Waals surface area contributed by atoms with Gasteiger partial charge in [0.15, 0.2) is 6.10 Å². The highest BCUT2D eigenvalue weighted by Gasteiger charge is 2.27. The summed E-state index contributed by atoms with van der Waals surface area (Å²) in [7, 11) is 0. The standard InChI is InChI=1S/C21H21FN2O4/c1-14(21(27)24-11-10-15-6-2-3-7-16(15)13-24)28-19(25)12-23-20(26)17-8-4-5-9-18(17)22/h2-9,14H,10-13H2,1H3,(H,23,26)/t14-/m1/s1. The van der Waals surface area contributed by atoms with Crippen LogP contribution in [-0.2, 0) is 27.3 Å². The number of hydrogen-bond donors (Lipinski definition) is 1. The monoisotopic (exact) mass is 384 g/mol. The summed E-state index contributed by atoms with van der Waals surface area (Å²) in [5.74, 6) is -2.45. The second-order valence-corrected chi connectivity index (χ2v) is 6.57. The van der Waals surface area contributed by atoms with Crippen molar-refractivity contribution in [1.82, 2.24) is 10.2 Å². The quantitative estimate of drug-likeness (QED) is 0.801. The number of nitrogens with one attached hydrogen (secondary N) is 1. The minimum Gasteiger partial charge on any atom is -0.451 e. The van der Waals surface area contributed by atoms with E-state index in [1.165, 1.54) is 30.7 Å². The van der Waals surface area contributed by atoms with Gasteiger partial charge in [0, 0.05) is 13.1 Å². The molecule has 1 heterocycles. The number of amides is 2. The Morgan fingerprint density at radius 2 is 1.79 bits per heavy atom. The average molecular weight is 384 g/mol. The van der Waals surface area contributed by atoms with E-state index in [1.54, 1.807) is 4.90 Å². The normalized spacial score (nSPS) is 14.0. The maximum atomic E-state index is 13.6. The molecule has 0 radical (unpaired) electrons. The molecule has 0 saturated heterocycles. The number of esters is 1. The third kappa shape index (κ3) is 4.54. The van der Waals surface area contributed by atoms with Crippen molar-refractivity contribution < 1.29 is 23.5 Å². The highest BCUT2D eigenvalue weighted by atomic mass is 19.1. The molecule has 1 atom stereocenters. The zero-order valence-electron chi connectivity index (χ0n) is 15.5. The molecule has 2 aromatic rings. The number of benzene rings is 2. The molecule has 0 aliphatic carbocycles. The number of carbonyl (C=O) groups excluding carboxylic acids is 3. The number of rotatable bonds is 5. The smallest absolute Gasteiger partial charge is 0.326 e. The number of nitrogens with zero attached hydrogens (tertiary/aromatic N) is 1. The lowest BCUT2D eigenvalue weighted by Gasteiger charge is -2.30. The van der Waals surface area contributed by atoms with Crippen LogP contribution < -0.4 is 5.32 Å². The van der Waals surface area contributed by atoms with Gasteiger partial charge in [0.25, 0.3) is 11.8 Å². The van der Waals surface area contributed by atoms with Crippen molar-refractivity contribution in [3.63, 3.8) is 0 Å². The maximum absolute atomic E-state index is 13.6. The highest BCUT2D eigenvalue weighted by molar-refractivity contribution is 5.96. The Balaban J connectivity index is 1.49. The van der Waals surface area contributed by atoms with Gasteiger partial charge < -0.3 is 15.0 Å². The van der Waals surface area contributed by atoms with E-state index in [1.807, 2.05) is 24.3 Å². The van der Waals surface area contributed by atoms with Gasteiger partial charge in [0.2, 0.25) is 0 Å². The molecule has 0 aromatic heterocycles. The molecular weight excluding hydrogens is 363 g/mol. The Morgan fingerprint density at radius 3 is 2.54 bits per heavy atom. The molecule has 0 spiro atoms. The molecule has 2 amide bonds. The molecule has 1 N–H and O–H groups in total. The lowest BCUT2D eigenvalue weighted by atomic mass is 9.99. The van der Waals surface area contributed by atoms with Crippen molar-refractivity contribution in [1.29, 1.82) is 0 Å². The zero-order chi connectivity index (χ0) is 20.1. The molecule has 0 bridgehead atoms. The van der Waals surface area contributed by atoms with E-state index in [2.05, 4.69) is 5.32 Å². The van der Waals surface area contributed by atoms with Crippen LogP contribution in [-0.4, -0.2) is 41.9 Å². The first-order valence-corrected chi connectivity index (χ1v) is 9.03. The number of halogens is 1. The molecule has 0 fully saturated rings. The number of ether oxygens (including phenoxy) is 1. The SMILES string of the molecule is C[C@@H](OC(=O)CNC(=O)c1ccccc1F)C(=O)N1CCc2ccccc2C1. The van der Waals surface area contributed by atoms with E-state index in [0.717, 1.165) is 18.1 Å². The molecular formula is C21H21FN2O4. The lowest BCUT2D eigenvalue weighted by Crippen LogP contribution is -2.43. The molecule has 28 heavy (non-hydrogen) atoms. The van der Waals surface area contributed by atoms with E-state index < -0.39 is 30.3 Å². The molecule has 3 rings (SSSR count). The third-order valence-corrected chi connectivity index (χ3v) is 4.61. The summed E-state index contributed by atoms with van der Waals surface area (Å²) in [6, 6.07) is 13.4. The predicted octanol–water partition coefficient (Wildman–Crippen LogP) is 2.07. The van der Waals surface area contributed by atoms with Crippen molar-refractivity contribution in [2.45, 2.75) is 26.0 Å². The largest absolute Gasteiger partial charge is 0.451 e. The fraction of sp³-hybridized carbons (Fsp3) is 0.286. The van der Waals surface area contributed by atoms with Gasteiger partial charge in [-0.15, -0.1) is 0 Å². The summed E-state index contributed by atoms with van der Waals surface area (Å²) in [6.07, 6.45) is -0.218. The topological polar surface area (TPSA) is 75.7 Å². The molecule has 1 aliphatic rings. The van der Waals surface area contributed by atoms with E-state index >= 15 is 0 Å². The Morgan fingerprint density at radius 1 is 1.11 bits per heavy atom. The lowest BCUT2D eigenvalue weighted by molar-refractivity contribution is -0.158. The van der Waals surface area contributed by atoms with Gasteiger partial charge in [-0.05, 0) is 36.6 Å². The first kappa shape index (κ1) is 19.5. The fourth-order valence-electron chi connectivity index (χ4n) is 3.12. The number of hydrogen-bond acceptors (Lipinski definition) is 4. The molecule has 0 unspecified atom stereocenters. The van der Waals surface area contributed by atoms with Crippen LogP contribution >= 0.6 is 0 Å². The van der Waals surface area contributed by atoms with Gasteiger partial charge in [-0.3, -0.25) is 14.4 Å². The van der Waals surface area contributed by atoms with Crippen LogP contribution in [0.5, 0.6) is 0 Å². The van der Waals surface area contributed by atoms with Gasteiger partial charge in [0.1, 0.15) is 12.4 Å². The maximum Gasteiger partial charge on any atom is 0.326 e. The molecule has 0 saturated carbocycles. The molecule has 1 aliphatic heterocycles. The van der Waals surface area contributed by atoms with Crippen LogP contribution in [0, 0.1) is 5.82 Å². The van der Waals surface area contributed by atoms with E-state index in [4.69, 9.17) is 4.74 Å². The third-order valence-electron chi connectivity index (χ3n) is 4.61. The summed E-state index contributed by atoms with van der Waals surface area (Å²) in [5, 5.41) is 2.30. The second kappa shape index (κ2) is 8.65. The van der Waals surface area contributed by atoms with E-state index in [9.17, 15) is 18.8 Å². The fourth-order valence-corrected chi connectivity index (χ4v) is 3.12. The summed E-state index contributed by atoms with van der Waals surface area (Å²) in [4.78, 5) is 38.1. The summed E-state index contributed by atoms with van der Waals surface area (Å²) < 4.78 is 18.7. The number of carbonyl (C=O) groups is 3. The Bertz CT molecular complexity index is 899. The minimum atomic E-state index is -0.969. The average Bonchev–Trinajstić information content (AvgIpc) is 2.71. The summed E-state index contributed by atoms with van der Waals surface area (Å²) in [6.45, 7) is 2.08. The van der Waals surface area contributed by atoms with Gasteiger partial charge in [-0.2, -0.15) is 0 Å². The van der Waals surface area contributed by atoms with E-state index in [0.29, 0.717) is 13.1 Å². The Hall–Kier alpha value is -3.22. The van der Waals surface area contributed by atoms with Crippen molar-refractivity contribution in [3.8, 4) is 0 Å². The van der Waals surface area contributed by atoms with Crippen LogP contribution in [0.4, 0.5) is 4.39 Å². The van der Waals surface area contributed by atoms with Crippen molar-refractivity contribution in [2.24, 2.45) is 0 Å². The minimum absolute atomic E-state index is 0.161. The van der Waals surface area contributed by atoms with Gasteiger partial charge in [-0.25, -0.2) is 4.39 Å². The van der Waals surface area contributed by atoms with Crippen molar-refractivity contribution in [2.75, 3.05) is 13.1 Å². The van der Waals surface area contributed by atoms with Crippen molar-refractivity contribution in [3.05, 3.63) is 71.0 Å². The van der Waals surface area contributed by atoms with Gasteiger partial charge >= 0.3 is 5.97 Å². The van der Waals surface area contributed by atoms with Crippen LogP contribution in [0.15, 0.2) is 48.5 Å². The van der Waals surface area contributed by atoms with Gasteiger partial charge in [-0.1, -0.05) is 36.4 Å². The Labute approximate surface area is 162 Å². The molecule has 7 heteroatoms. The zero-order valence-corrected chi connectivity index (χ0v) is 15.5. The second-order valence-electron chi connectivity index (χ2n) is 6.57. The van der Waals surface area contributed by atoms with Crippen LogP contribution in [0.2, 0.25) is 0 Å². The summed E-state index contributed by atoms with van der Waals surface area (Å²) in [5.41, 5.74) is 2.14. The van der Waals surface area contributed by atoms with Crippen LogP contribution in [0.1, 0.15) is 28.4 Å². The first-order valence-electron chi connectivity index (χ1n) is 9.03. The molecule has 146 valence electrons. The predicted molar refractivity (Wildman–Crippen MR) is 99.9 cm³/mol.